The van der Waals surface area contributed by atoms with Crippen molar-refractivity contribution < 1.29 is 21.2 Å². The van der Waals surface area contributed by atoms with Gasteiger partial charge in [0.15, 0.2) is 0 Å². The Hall–Kier alpha value is -2.62. The highest BCUT2D eigenvalue weighted by Gasteiger charge is 2.32. The first-order valence-corrected chi connectivity index (χ1v) is 6.60. The van der Waals surface area contributed by atoms with E-state index < -0.39 is 62.7 Å². The molecular weight excluding hydrogens is 292 g/mol. The van der Waals surface area contributed by atoms with Gasteiger partial charge in [0.2, 0.25) is 5.91 Å². The van der Waals surface area contributed by atoms with E-state index in [1.165, 1.54) is 12.3 Å². The average Bonchev–Trinajstić information content (AvgIpc) is 3.16. The van der Waals surface area contributed by atoms with Crippen molar-refractivity contribution in [2.75, 3.05) is 24.9 Å². The smallest absolute Gasteiger partial charge is 0.236 e. The zero-order valence-corrected chi connectivity index (χ0v) is 12.0. The predicted molar refractivity (Wildman–Crippen MR) is 86.7 cm³/mol. The topological polar surface area (TPSA) is 88.9 Å². The number of likely N-dealkylation sites (N-methyl/N-ethyl adjacent to an activating group) is 1. The second-order valence-corrected chi connectivity index (χ2v) is 4.75. The van der Waals surface area contributed by atoms with Gasteiger partial charge in [-0.05, 0) is 18.4 Å². The normalized spacial score (nSPS) is 36.6. The van der Waals surface area contributed by atoms with Crippen molar-refractivity contribution >= 4 is 22.8 Å². The molecule has 1 aliphatic heterocycles. The Morgan fingerprint density at radius 1 is 1.78 bits per heavy atom. The number of amides is 1. The van der Waals surface area contributed by atoms with Gasteiger partial charge in [0, 0.05) is 35.8 Å². The molecule has 1 fully saturated rings. The summed E-state index contributed by atoms with van der Waals surface area (Å²) in [5, 5.41) is 9.10. The van der Waals surface area contributed by atoms with E-state index in [-0.39, 0.29) is 15.9 Å². The van der Waals surface area contributed by atoms with Crippen LogP contribution in [-0.2, 0) is 4.79 Å². The third kappa shape index (κ3) is 2.84. The highest BCUT2D eigenvalue weighted by molar-refractivity contribution is 5.87. The van der Waals surface area contributed by atoms with Gasteiger partial charge in [-0.25, -0.2) is 9.97 Å². The number of nitrogens with zero attached hydrogens (tertiary/aromatic N) is 5. The molecule has 2 atom stereocenters. The maximum Gasteiger partial charge on any atom is 0.236 e. The van der Waals surface area contributed by atoms with E-state index in [9.17, 15) is 4.79 Å². The summed E-state index contributed by atoms with van der Waals surface area (Å²) < 4.78 is 98.0. The number of aromatic amines is 1. The van der Waals surface area contributed by atoms with E-state index in [0.717, 1.165) is 13.0 Å². The summed E-state index contributed by atoms with van der Waals surface area (Å²) in [4.78, 5) is 23.2. The minimum atomic E-state index is -3.50. The highest BCUT2D eigenvalue weighted by Crippen LogP contribution is 2.28. The molecule has 0 radical (unpaired) electrons. The standard InChI is InChI=1S/C16H20N6O/c1-11-5-8-22(14(23)3-6-17)9-13(11)21(2)16-12-4-7-18-15(12)19-10-20-16/h4,7,10-11,13H,3,5,8-9H2,1-2H3,(H,18,19,20)/t11-,13+/m1/s1/i2D3,3D2,5D2,8D2,9D2,10D. The van der Waals surface area contributed by atoms with Gasteiger partial charge in [-0.3, -0.25) is 4.79 Å². The monoisotopic (exact) mass is 324 g/mol. The number of piperidine rings is 1. The molecule has 0 aromatic carbocycles. The first-order chi connectivity index (χ1) is 15.7. The lowest BCUT2D eigenvalue weighted by molar-refractivity contribution is -0.131. The summed E-state index contributed by atoms with van der Waals surface area (Å²) in [5.74, 6) is -4.30. The van der Waals surface area contributed by atoms with E-state index in [4.69, 9.17) is 21.7 Å². The van der Waals surface area contributed by atoms with Crippen molar-refractivity contribution in [3.63, 3.8) is 0 Å². The number of hydrogen-bond acceptors (Lipinski definition) is 5. The molecule has 0 bridgehead atoms. The van der Waals surface area contributed by atoms with Crippen LogP contribution in [0.25, 0.3) is 11.0 Å². The van der Waals surface area contributed by atoms with Crippen LogP contribution in [0.1, 0.15) is 36.1 Å². The van der Waals surface area contributed by atoms with Crippen LogP contribution in [0.2, 0.25) is 0 Å². The summed E-state index contributed by atoms with van der Waals surface area (Å²) in [6, 6.07) is 0.162. The van der Waals surface area contributed by atoms with Crippen LogP contribution in [-0.4, -0.2) is 51.8 Å². The van der Waals surface area contributed by atoms with Crippen molar-refractivity contribution in [1.29, 1.82) is 5.26 Å². The summed E-state index contributed by atoms with van der Waals surface area (Å²) in [5.41, 5.74) is 0.0189. The Morgan fingerprint density at radius 3 is 3.43 bits per heavy atom. The number of nitrogens with one attached hydrogen (secondary N) is 1. The van der Waals surface area contributed by atoms with Gasteiger partial charge in [-0.15, -0.1) is 0 Å². The minimum Gasteiger partial charge on any atom is -0.354 e. The van der Waals surface area contributed by atoms with Crippen LogP contribution < -0.4 is 4.90 Å². The van der Waals surface area contributed by atoms with Crippen molar-refractivity contribution in [1.82, 2.24) is 19.9 Å². The van der Waals surface area contributed by atoms with E-state index in [1.807, 2.05) is 0 Å². The van der Waals surface area contributed by atoms with Crippen LogP contribution in [0.4, 0.5) is 5.82 Å². The fourth-order valence-corrected chi connectivity index (χ4v) is 2.15. The first kappa shape index (κ1) is 6.48. The van der Waals surface area contributed by atoms with Crippen LogP contribution in [0.3, 0.4) is 0 Å². The zero-order valence-electron chi connectivity index (χ0n) is 24.0. The molecule has 1 saturated heterocycles. The molecule has 1 N–H and O–H groups in total. The second-order valence-electron chi connectivity index (χ2n) is 4.75. The maximum atomic E-state index is 12.9. The van der Waals surface area contributed by atoms with Gasteiger partial charge < -0.3 is 14.8 Å². The number of hydrogen-bond donors (Lipinski definition) is 1. The Labute approximate surface area is 151 Å². The van der Waals surface area contributed by atoms with Gasteiger partial charge >= 0.3 is 0 Å². The molecule has 0 saturated carbocycles. The Kier molecular flexibility index (Phi) is 1.76. The number of carbonyl (C=O) groups excluding carboxylic acids is 1. The van der Waals surface area contributed by atoms with Gasteiger partial charge in [-0.1, -0.05) is 6.92 Å². The van der Waals surface area contributed by atoms with Crippen LogP contribution in [0, 0.1) is 17.2 Å². The van der Waals surface area contributed by atoms with Crippen molar-refractivity contribution in [3.8, 4) is 6.07 Å². The molecule has 1 aliphatic rings. The molecule has 2 aromatic heterocycles. The number of nitriles is 1. The number of rotatable bonds is 3. The quantitative estimate of drug-likeness (QED) is 0.925. The lowest BCUT2D eigenvalue weighted by Gasteiger charge is -2.42. The molecule has 23 heavy (non-hydrogen) atoms. The molecule has 0 spiro atoms. The molecule has 3 rings (SSSR count). The molecule has 0 aliphatic carbocycles. The Bertz CT molecular complexity index is 1200. The summed E-state index contributed by atoms with van der Waals surface area (Å²) in [6.07, 6.45) is -5.89. The average molecular weight is 324 g/mol. The number of anilines is 1. The second kappa shape index (κ2) is 6.24. The van der Waals surface area contributed by atoms with Crippen molar-refractivity contribution in [2.45, 2.75) is 25.7 Å². The largest absolute Gasteiger partial charge is 0.354 e. The highest BCUT2D eigenvalue weighted by atomic mass is 16.2. The van der Waals surface area contributed by atoms with E-state index in [2.05, 4.69) is 15.0 Å². The fourth-order valence-electron chi connectivity index (χ4n) is 2.15. The number of likely N-dealkylation sites (tertiary alicyclic amines) is 1. The lowest BCUT2D eigenvalue weighted by atomic mass is 9.92. The van der Waals surface area contributed by atoms with Crippen molar-refractivity contribution in [2.24, 2.45) is 5.92 Å². The van der Waals surface area contributed by atoms with E-state index in [1.54, 1.807) is 0 Å². The summed E-state index contributed by atoms with van der Waals surface area (Å²) in [7, 11) is 0. The van der Waals surface area contributed by atoms with E-state index >= 15 is 0 Å². The van der Waals surface area contributed by atoms with E-state index in [0.29, 0.717) is 4.90 Å². The predicted octanol–water partition coefficient (Wildman–Crippen LogP) is 1.54. The van der Waals surface area contributed by atoms with Gasteiger partial charge in [0.1, 0.15) is 25.5 Å². The molecule has 0 unspecified atom stereocenters. The number of carbonyl (C=O) groups is 1. The lowest BCUT2D eigenvalue weighted by Crippen LogP contribution is -2.52. The van der Waals surface area contributed by atoms with Crippen LogP contribution >= 0.6 is 0 Å². The molecule has 7 nitrogen and oxygen atoms in total. The number of fused-ring (bicyclic) bond motifs is 1. The number of H-pyrrole nitrogens is 1. The Morgan fingerprint density at radius 2 is 2.65 bits per heavy atom. The van der Waals surface area contributed by atoms with Crippen LogP contribution in [0.5, 0.6) is 0 Å². The summed E-state index contributed by atoms with van der Waals surface area (Å²) in [6.45, 7) is -9.10. The van der Waals surface area contributed by atoms with Crippen LogP contribution in [0.15, 0.2) is 18.6 Å². The van der Waals surface area contributed by atoms with Gasteiger partial charge in [-0.2, -0.15) is 5.26 Å². The molecule has 3 heterocycles. The molecule has 2 aromatic rings. The SMILES string of the molecule is [2H]c1nc(N([C@@H]2[C@H](C)C([2H])([2H])C([2H])([2H])N(C(=O)C([2H])([2H])C#N)C2([2H])[2H])C([2H])([2H])[2H])c2cc[nH]c2n1. The third-order valence-electron chi connectivity index (χ3n) is 3.30. The van der Waals surface area contributed by atoms with Gasteiger partial charge in [0.05, 0.1) is 23.0 Å². The molecule has 1 amide bonds. The first-order valence-electron chi connectivity index (χ1n) is 12.6. The molecular formula is C16H20N6O. The molecule has 7 heteroatoms. The minimum absolute atomic E-state index is 0.0189. The number of aromatic nitrogens is 3. The summed E-state index contributed by atoms with van der Waals surface area (Å²) >= 11 is 0. The molecule has 120 valence electrons. The fraction of sp³-hybridized carbons (Fsp3) is 0.500. The third-order valence-corrected chi connectivity index (χ3v) is 3.30. The maximum absolute atomic E-state index is 12.9. The Balaban J connectivity index is 2.38. The van der Waals surface area contributed by atoms with Gasteiger partial charge in [0.25, 0.3) is 0 Å². The zero-order chi connectivity index (χ0) is 26.9. The van der Waals surface area contributed by atoms with Crippen molar-refractivity contribution in [3.05, 3.63) is 18.6 Å².